The van der Waals surface area contributed by atoms with Gasteiger partial charge in [-0.05, 0) is 31.4 Å². The molecule has 1 aliphatic rings. The number of fused-ring (bicyclic) bond motifs is 1. The van der Waals surface area contributed by atoms with Crippen molar-refractivity contribution in [3.8, 4) is 0 Å². The summed E-state index contributed by atoms with van der Waals surface area (Å²) in [5.74, 6) is 0.0240. The van der Waals surface area contributed by atoms with E-state index in [1.54, 1.807) is 18.1 Å². The van der Waals surface area contributed by atoms with E-state index in [4.69, 9.17) is 0 Å². The number of amides is 1. The van der Waals surface area contributed by atoms with Gasteiger partial charge in [-0.1, -0.05) is 18.6 Å². The molecule has 0 aliphatic heterocycles. The van der Waals surface area contributed by atoms with Crippen molar-refractivity contribution < 1.29 is 9.90 Å². The van der Waals surface area contributed by atoms with Crippen molar-refractivity contribution in [3.63, 3.8) is 0 Å². The van der Waals surface area contributed by atoms with Gasteiger partial charge >= 0.3 is 0 Å². The minimum atomic E-state index is -0.337. The quantitative estimate of drug-likeness (QED) is 0.943. The number of aliphatic hydroxyl groups is 1. The highest BCUT2D eigenvalue weighted by Gasteiger charge is 2.28. The Morgan fingerprint density at radius 3 is 2.86 bits per heavy atom. The van der Waals surface area contributed by atoms with Gasteiger partial charge in [-0.15, -0.1) is 0 Å². The normalized spacial score (nSPS) is 21.7. The molecule has 1 N–H and O–H groups in total. The first-order valence-corrected chi connectivity index (χ1v) is 7.77. The van der Waals surface area contributed by atoms with E-state index in [2.05, 4.69) is 9.97 Å². The van der Waals surface area contributed by atoms with Gasteiger partial charge in [0.1, 0.15) is 0 Å². The Morgan fingerprint density at radius 2 is 2.09 bits per heavy atom. The van der Waals surface area contributed by atoms with Crippen molar-refractivity contribution in [2.24, 2.45) is 5.92 Å². The molecule has 1 aliphatic carbocycles. The first-order chi connectivity index (χ1) is 10.6. The van der Waals surface area contributed by atoms with E-state index in [0.717, 1.165) is 36.0 Å². The number of para-hydroxylation sites is 2. The number of benzene rings is 1. The van der Waals surface area contributed by atoms with Crippen LogP contribution in [0.4, 0.5) is 0 Å². The molecule has 116 valence electrons. The Kier molecular flexibility index (Phi) is 4.34. The topological polar surface area (TPSA) is 66.3 Å². The molecule has 0 spiro atoms. The van der Waals surface area contributed by atoms with Crippen LogP contribution in [-0.4, -0.2) is 39.0 Å². The fraction of sp³-hybridized carbons (Fsp3) is 0.471. The van der Waals surface area contributed by atoms with Crippen molar-refractivity contribution in [3.05, 3.63) is 36.2 Å². The van der Waals surface area contributed by atoms with Gasteiger partial charge in [0, 0.05) is 13.0 Å². The highest BCUT2D eigenvalue weighted by Crippen LogP contribution is 2.26. The number of nitrogens with zero attached hydrogens (tertiary/aromatic N) is 3. The second-order valence-electron chi connectivity index (χ2n) is 6.06. The molecule has 0 saturated heterocycles. The molecular formula is C17H21N3O2. The lowest BCUT2D eigenvalue weighted by Crippen LogP contribution is -2.36. The van der Waals surface area contributed by atoms with Crippen LogP contribution in [0.5, 0.6) is 0 Å². The van der Waals surface area contributed by atoms with E-state index < -0.39 is 0 Å². The number of carbonyl (C=O) groups excluding carboxylic acids is 1. The van der Waals surface area contributed by atoms with Crippen LogP contribution in [0.25, 0.3) is 11.0 Å². The number of hydrogen-bond acceptors (Lipinski definition) is 4. The van der Waals surface area contributed by atoms with Crippen LogP contribution in [0.3, 0.4) is 0 Å². The average molecular weight is 299 g/mol. The van der Waals surface area contributed by atoms with Crippen molar-refractivity contribution in [1.29, 1.82) is 0 Å². The minimum Gasteiger partial charge on any atom is -0.393 e. The number of aliphatic hydroxyl groups excluding tert-OH is 1. The standard InChI is InChI=1S/C17H21N3O2/c1-20(17(22)12-5-4-6-14(21)9-12)11-13-10-18-15-7-2-3-8-16(15)19-13/h2-3,7-8,10,12,14,21H,4-6,9,11H2,1H3/t12-,14+/m1/s1. The number of rotatable bonds is 3. The van der Waals surface area contributed by atoms with Gasteiger partial charge in [-0.2, -0.15) is 0 Å². The van der Waals surface area contributed by atoms with Crippen LogP contribution in [0.1, 0.15) is 31.4 Å². The maximum Gasteiger partial charge on any atom is 0.225 e. The third-order valence-corrected chi connectivity index (χ3v) is 4.27. The second-order valence-corrected chi connectivity index (χ2v) is 6.06. The fourth-order valence-corrected chi connectivity index (χ4v) is 3.09. The molecule has 3 rings (SSSR count). The van der Waals surface area contributed by atoms with Crippen molar-refractivity contribution >= 4 is 16.9 Å². The van der Waals surface area contributed by atoms with Crippen molar-refractivity contribution in [2.75, 3.05) is 7.05 Å². The molecular weight excluding hydrogens is 278 g/mol. The van der Waals surface area contributed by atoms with Crippen LogP contribution < -0.4 is 0 Å². The summed E-state index contributed by atoms with van der Waals surface area (Å²) in [5, 5.41) is 9.73. The Hall–Kier alpha value is -2.01. The number of aromatic nitrogens is 2. The summed E-state index contributed by atoms with van der Waals surface area (Å²) in [6.45, 7) is 0.448. The van der Waals surface area contributed by atoms with Gasteiger partial charge in [-0.3, -0.25) is 9.78 Å². The predicted molar refractivity (Wildman–Crippen MR) is 84.0 cm³/mol. The highest BCUT2D eigenvalue weighted by molar-refractivity contribution is 5.79. The van der Waals surface area contributed by atoms with Crippen LogP contribution in [-0.2, 0) is 11.3 Å². The molecule has 0 unspecified atom stereocenters. The Morgan fingerprint density at radius 1 is 1.32 bits per heavy atom. The maximum absolute atomic E-state index is 12.5. The van der Waals surface area contributed by atoms with Gasteiger partial charge < -0.3 is 10.0 Å². The van der Waals surface area contributed by atoms with Gasteiger partial charge in [-0.25, -0.2) is 4.98 Å². The molecule has 0 bridgehead atoms. The Balaban J connectivity index is 1.69. The third-order valence-electron chi connectivity index (χ3n) is 4.27. The van der Waals surface area contributed by atoms with Crippen LogP contribution in [0, 0.1) is 5.92 Å². The molecule has 1 fully saturated rings. The van der Waals surface area contributed by atoms with E-state index in [1.165, 1.54) is 0 Å². The molecule has 1 aromatic heterocycles. The lowest BCUT2D eigenvalue weighted by molar-refractivity contribution is -0.137. The van der Waals surface area contributed by atoms with Gasteiger partial charge in [0.15, 0.2) is 0 Å². The minimum absolute atomic E-state index is 0.0674. The zero-order chi connectivity index (χ0) is 15.5. The zero-order valence-corrected chi connectivity index (χ0v) is 12.8. The van der Waals surface area contributed by atoms with Crippen molar-refractivity contribution in [2.45, 2.75) is 38.3 Å². The van der Waals surface area contributed by atoms with E-state index >= 15 is 0 Å². The SMILES string of the molecule is CN(Cc1cnc2ccccc2n1)C(=O)[C@@H]1CCC[C@H](O)C1. The zero-order valence-electron chi connectivity index (χ0n) is 12.8. The molecule has 22 heavy (non-hydrogen) atoms. The molecule has 5 nitrogen and oxygen atoms in total. The summed E-state index contributed by atoms with van der Waals surface area (Å²) in [4.78, 5) is 23.1. The molecule has 1 heterocycles. The summed E-state index contributed by atoms with van der Waals surface area (Å²) in [6.07, 6.45) is 4.56. The van der Waals surface area contributed by atoms with Crippen LogP contribution >= 0.6 is 0 Å². The molecule has 2 aromatic rings. The first-order valence-electron chi connectivity index (χ1n) is 7.77. The predicted octanol–water partition coefficient (Wildman–Crippen LogP) is 2.14. The summed E-state index contributed by atoms with van der Waals surface area (Å²) >= 11 is 0. The van der Waals surface area contributed by atoms with E-state index in [1.807, 2.05) is 24.3 Å². The van der Waals surface area contributed by atoms with E-state index in [9.17, 15) is 9.90 Å². The summed E-state index contributed by atoms with van der Waals surface area (Å²) in [7, 11) is 1.79. The summed E-state index contributed by atoms with van der Waals surface area (Å²) in [5.41, 5.74) is 2.48. The Labute approximate surface area is 130 Å². The molecule has 1 saturated carbocycles. The largest absolute Gasteiger partial charge is 0.393 e. The lowest BCUT2D eigenvalue weighted by Gasteiger charge is -2.28. The first kappa shape index (κ1) is 14.9. The summed E-state index contributed by atoms with van der Waals surface area (Å²) < 4.78 is 0. The van der Waals surface area contributed by atoms with Crippen LogP contribution in [0.2, 0.25) is 0 Å². The second kappa shape index (κ2) is 6.40. The molecule has 1 aromatic carbocycles. The smallest absolute Gasteiger partial charge is 0.225 e. The van der Waals surface area contributed by atoms with E-state index in [-0.39, 0.29) is 17.9 Å². The molecule has 2 atom stereocenters. The lowest BCUT2D eigenvalue weighted by atomic mass is 9.86. The van der Waals surface area contributed by atoms with Gasteiger partial charge in [0.25, 0.3) is 0 Å². The monoisotopic (exact) mass is 299 g/mol. The van der Waals surface area contributed by atoms with Gasteiger partial charge in [0.05, 0.1) is 35.6 Å². The van der Waals surface area contributed by atoms with Gasteiger partial charge in [0.2, 0.25) is 5.91 Å². The van der Waals surface area contributed by atoms with E-state index in [0.29, 0.717) is 13.0 Å². The fourth-order valence-electron chi connectivity index (χ4n) is 3.09. The van der Waals surface area contributed by atoms with Crippen LogP contribution in [0.15, 0.2) is 30.5 Å². The number of carbonyl (C=O) groups is 1. The summed E-state index contributed by atoms with van der Waals surface area (Å²) in [6, 6.07) is 7.70. The number of hydrogen-bond donors (Lipinski definition) is 1. The molecule has 5 heteroatoms. The average Bonchev–Trinajstić information content (AvgIpc) is 2.54. The van der Waals surface area contributed by atoms with Crippen molar-refractivity contribution in [1.82, 2.24) is 14.9 Å². The third kappa shape index (κ3) is 3.25. The Bertz CT molecular complexity index is 674. The molecule has 0 radical (unpaired) electrons. The highest BCUT2D eigenvalue weighted by atomic mass is 16.3. The molecule has 1 amide bonds. The maximum atomic E-state index is 12.5.